The molecule has 0 aliphatic rings. The van der Waals surface area contributed by atoms with Crippen molar-refractivity contribution in [2.45, 2.75) is 39.8 Å². The number of hydrogen-bond acceptors (Lipinski definition) is 6. The van der Waals surface area contributed by atoms with Crippen molar-refractivity contribution in [3.63, 3.8) is 0 Å². The van der Waals surface area contributed by atoms with Crippen LogP contribution in [0.3, 0.4) is 0 Å². The molecule has 0 radical (unpaired) electrons. The molecular formula is C21H22N4O4. The van der Waals surface area contributed by atoms with E-state index in [9.17, 15) is 14.9 Å². The molecule has 150 valence electrons. The molecule has 0 unspecified atom stereocenters. The molecule has 0 saturated carbocycles. The highest BCUT2D eigenvalue weighted by Gasteiger charge is 2.24. The number of carbonyl (C=O) groups is 1. The van der Waals surface area contributed by atoms with Gasteiger partial charge in [0.25, 0.3) is 5.69 Å². The first-order valence-corrected chi connectivity index (χ1v) is 9.26. The van der Waals surface area contributed by atoms with Gasteiger partial charge < -0.3 is 9.42 Å². The smallest absolute Gasteiger partial charge is 0.273 e. The lowest BCUT2D eigenvalue weighted by atomic mass is 10.1. The second-order valence-corrected chi connectivity index (χ2v) is 7.06. The quantitative estimate of drug-likeness (QED) is 0.444. The molecule has 0 atom stereocenters. The third-order valence-corrected chi connectivity index (χ3v) is 4.56. The van der Waals surface area contributed by atoms with E-state index in [4.69, 9.17) is 4.52 Å². The van der Waals surface area contributed by atoms with Crippen molar-refractivity contribution in [2.24, 2.45) is 0 Å². The average molecular weight is 394 g/mol. The van der Waals surface area contributed by atoms with Crippen molar-refractivity contribution in [2.75, 3.05) is 0 Å². The Labute approximate surface area is 168 Å². The summed E-state index contributed by atoms with van der Waals surface area (Å²) in [5.41, 5.74) is 2.26. The van der Waals surface area contributed by atoms with Gasteiger partial charge >= 0.3 is 0 Å². The summed E-state index contributed by atoms with van der Waals surface area (Å²) in [6.45, 7) is 5.87. The van der Waals surface area contributed by atoms with Crippen molar-refractivity contribution in [3.8, 4) is 11.4 Å². The minimum atomic E-state index is -0.478. The fraction of sp³-hybridized carbons (Fsp3) is 0.286. The molecule has 2 aromatic carbocycles. The van der Waals surface area contributed by atoms with E-state index in [2.05, 4.69) is 10.1 Å². The van der Waals surface area contributed by atoms with Gasteiger partial charge in [0.05, 0.1) is 11.3 Å². The molecule has 0 fully saturated rings. The van der Waals surface area contributed by atoms with Gasteiger partial charge in [-0.05, 0) is 20.8 Å². The van der Waals surface area contributed by atoms with Gasteiger partial charge in [-0.3, -0.25) is 14.9 Å². The zero-order chi connectivity index (χ0) is 21.0. The summed E-state index contributed by atoms with van der Waals surface area (Å²) in [6, 6.07) is 13.8. The monoisotopic (exact) mass is 394 g/mol. The minimum Gasteiger partial charge on any atom is -0.337 e. The maximum absolute atomic E-state index is 12.9. The lowest BCUT2D eigenvalue weighted by Gasteiger charge is -2.25. The summed E-state index contributed by atoms with van der Waals surface area (Å²) in [5.74, 6) is 0.518. The van der Waals surface area contributed by atoms with Crippen LogP contribution in [0.2, 0.25) is 0 Å². The maximum atomic E-state index is 12.9. The summed E-state index contributed by atoms with van der Waals surface area (Å²) < 4.78 is 5.33. The number of amides is 1. The fourth-order valence-electron chi connectivity index (χ4n) is 2.95. The minimum absolute atomic E-state index is 0.0657. The molecule has 0 spiro atoms. The predicted octanol–water partition coefficient (Wildman–Crippen LogP) is 3.93. The van der Waals surface area contributed by atoms with Crippen LogP contribution >= 0.6 is 0 Å². The molecule has 29 heavy (non-hydrogen) atoms. The number of hydrogen-bond donors (Lipinski definition) is 0. The number of nitrogens with zero attached hydrogens (tertiary/aromatic N) is 4. The van der Waals surface area contributed by atoms with Crippen molar-refractivity contribution < 1.29 is 14.2 Å². The molecule has 0 aliphatic carbocycles. The van der Waals surface area contributed by atoms with Crippen LogP contribution in [-0.2, 0) is 17.8 Å². The molecule has 1 heterocycles. The van der Waals surface area contributed by atoms with Crippen molar-refractivity contribution in [3.05, 3.63) is 75.7 Å². The number of benzene rings is 2. The van der Waals surface area contributed by atoms with E-state index in [0.717, 1.165) is 11.1 Å². The van der Waals surface area contributed by atoms with Crippen LogP contribution < -0.4 is 0 Å². The summed E-state index contributed by atoms with van der Waals surface area (Å²) in [7, 11) is 0. The Hall–Kier alpha value is -3.55. The van der Waals surface area contributed by atoms with Gasteiger partial charge in [-0.1, -0.05) is 53.2 Å². The number of nitro groups is 1. The van der Waals surface area contributed by atoms with Crippen LogP contribution in [0.4, 0.5) is 5.69 Å². The first-order chi connectivity index (χ1) is 13.8. The van der Waals surface area contributed by atoms with E-state index in [1.807, 2.05) is 45.0 Å². The first kappa shape index (κ1) is 20.2. The zero-order valence-corrected chi connectivity index (χ0v) is 16.5. The average Bonchev–Trinajstić information content (AvgIpc) is 3.15. The van der Waals surface area contributed by atoms with E-state index in [1.165, 1.54) is 6.07 Å². The van der Waals surface area contributed by atoms with Crippen molar-refractivity contribution >= 4 is 11.6 Å². The Bertz CT molecular complexity index is 1010. The number of aromatic nitrogens is 2. The number of carbonyl (C=O) groups excluding carboxylic acids is 1. The molecule has 0 aliphatic heterocycles. The van der Waals surface area contributed by atoms with E-state index in [1.54, 1.807) is 23.1 Å². The van der Waals surface area contributed by atoms with E-state index < -0.39 is 4.92 Å². The van der Waals surface area contributed by atoms with Gasteiger partial charge in [0.2, 0.25) is 17.6 Å². The number of nitro benzene ring substituents is 1. The number of aryl methyl sites for hydroxylation is 1. The van der Waals surface area contributed by atoms with Crippen LogP contribution in [0, 0.1) is 17.0 Å². The Morgan fingerprint density at radius 2 is 1.86 bits per heavy atom. The van der Waals surface area contributed by atoms with Crippen LogP contribution in [0.5, 0.6) is 0 Å². The van der Waals surface area contributed by atoms with Gasteiger partial charge in [-0.25, -0.2) is 0 Å². The summed E-state index contributed by atoms with van der Waals surface area (Å²) >= 11 is 0. The third-order valence-electron chi connectivity index (χ3n) is 4.56. The van der Waals surface area contributed by atoms with E-state index in [-0.39, 0.29) is 30.6 Å². The largest absolute Gasteiger partial charge is 0.337 e. The molecule has 0 bridgehead atoms. The van der Waals surface area contributed by atoms with Gasteiger partial charge in [-0.15, -0.1) is 0 Å². The van der Waals surface area contributed by atoms with E-state index >= 15 is 0 Å². The number of rotatable bonds is 7. The SMILES string of the molecule is Cc1ccc(-c2noc(CN(C(=O)Cc3ccccc3[N+](=O)[O-])C(C)C)n2)cc1. The highest BCUT2D eigenvalue weighted by atomic mass is 16.6. The molecule has 8 heteroatoms. The second-order valence-electron chi connectivity index (χ2n) is 7.06. The van der Waals surface area contributed by atoms with Crippen molar-refractivity contribution in [1.82, 2.24) is 15.0 Å². The van der Waals surface area contributed by atoms with Crippen LogP contribution in [0.25, 0.3) is 11.4 Å². The zero-order valence-electron chi connectivity index (χ0n) is 16.5. The van der Waals surface area contributed by atoms with E-state index in [0.29, 0.717) is 17.3 Å². The number of para-hydroxylation sites is 1. The first-order valence-electron chi connectivity index (χ1n) is 9.26. The molecule has 3 aromatic rings. The van der Waals surface area contributed by atoms with Crippen LogP contribution in [0.1, 0.15) is 30.9 Å². The molecular weight excluding hydrogens is 372 g/mol. The Morgan fingerprint density at radius 3 is 2.52 bits per heavy atom. The predicted molar refractivity (Wildman–Crippen MR) is 107 cm³/mol. The molecule has 1 amide bonds. The van der Waals surface area contributed by atoms with Gasteiger partial charge in [0.15, 0.2) is 0 Å². The Kier molecular flexibility index (Phi) is 6.01. The highest BCUT2D eigenvalue weighted by molar-refractivity contribution is 5.80. The Morgan fingerprint density at radius 1 is 1.17 bits per heavy atom. The lowest BCUT2D eigenvalue weighted by molar-refractivity contribution is -0.385. The van der Waals surface area contributed by atoms with Crippen LogP contribution in [0.15, 0.2) is 53.1 Å². The standard InChI is InChI=1S/C21H22N4O4/c1-14(2)24(20(26)12-17-6-4-5-7-18(17)25(27)28)13-19-22-21(23-29-19)16-10-8-15(3)9-11-16/h4-11,14H,12-13H2,1-3H3. The fourth-order valence-corrected chi connectivity index (χ4v) is 2.95. The molecule has 3 rings (SSSR count). The highest BCUT2D eigenvalue weighted by Crippen LogP contribution is 2.21. The van der Waals surface area contributed by atoms with Gasteiger partial charge in [0, 0.05) is 23.2 Å². The maximum Gasteiger partial charge on any atom is 0.273 e. The normalized spacial score (nSPS) is 10.9. The molecule has 0 N–H and O–H groups in total. The summed E-state index contributed by atoms with van der Waals surface area (Å²) in [5, 5.41) is 15.2. The molecule has 1 aromatic heterocycles. The summed E-state index contributed by atoms with van der Waals surface area (Å²) in [6.07, 6.45) is -0.0751. The topological polar surface area (TPSA) is 102 Å². The molecule has 8 nitrogen and oxygen atoms in total. The van der Waals surface area contributed by atoms with Crippen LogP contribution in [-0.4, -0.2) is 31.9 Å². The lowest BCUT2D eigenvalue weighted by Crippen LogP contribution is -2.37. The second kappa shape index (κ2) is 8.64. The molecule has 0 saturated heterocycles. The van der Waals surface area contributed by atoms with Crippen molar-refractivity contribution in [1.29, 1.82) is 0 Å². The van der Waals surface area contributed by atoms with Gasteiger partial charge in [0.1, 0.15) is 6.54 Å². The van der Waals surface area contributed by atoms with Gasteiger partial charge in [-0.2, -0.15) is 4.98 Å². The summed E-state index contributed by atoms with van der Waals surface area (Å²) in [4.78, 5) is 29.5. The third kappa shape index (κ3) is 4.84. The Balaban J connectivity index is 1.76.